The summed E-state index contributed by atoms with van der Waals surface area (Å²) in [5.74, 6) is -0.929. The number of hydrogen-bond acceptors (Lipinski definition) is 4. The average Bonchev–Trinajstić information content (AvgIpc) is 2.77. The van der Waals surface area contributed by atoms with E-state index in [-0.39, 0.29) is 0 Å². The monoisotopic (exact) mass is 310 g/mol. The second-order valence-corrected chi connectivity index (χ2v) is 5.87. The minimum absolute atomic E-state index is 0.300. The fourth-order valence-corrected chi connectivity index (χ4v) is 2.86. The summed E-state index contributed by atoms with van der Waals surface area (Å²) in [5.41, 5.74) is 2.50. The van der Waals surface area contributed by atoms with E-state index in [0.717, 1.165) is 29.0 Å². The maximum atomic E-state index is 11.2. The van der Waals surface area contributed by atoms with Crippen LogP contribution in [0.1, 0.15) is 34.3 Å². The fourth-order valence-electron chi connectivity index (χ4n) is 1.82. The number of nitrogens with one attached hydrogen (secondary N) is 1. The quantitative estimate of drug-likeness (QED) is 0.853. The topological polar surface area (TPSA) is 62.2 Å². The Morgan fingerprint density at radius 1 is 1.50 bits per heavy atom. The van der Waals surface area contributed by atoms with E-state index in [1.54, 1.807) is 6.07 Å². The van der Waals surface area contributed by atoms with Crippen molar-refractivity contribution in [3.8, 4) is 0 Å². The lowest BCUT2D eigenvalue weighted by Crippen LogP contribution is -1.98. The van der Waals surface area contributed by atoms with E-state index in [4.69, 9.17) is 11.6 Å². The maximum Gasteiger partial charge on any atom is 0.347 e. The number of carboxylic acid groups (broad SMARTS) is 1. The van der Waals surface area contributed by atoms with Crippen molar-refractivity contribution in [1.29, 1.82) is 0 Å². The average molecular weight is 311 g/mol. The summed E-state index contributed by atoms with van der Waals surface area (Å²) >= 11 is 7.12. The second kappa shape index (κ2) is 6.24. The van der Waals surface area contributed by atoms with Crippen LogP contribution in [0.15, 0.2) is 18.2 Å². The molecule has 1 aromatic carbocycles. The third kappa shape index (κ3) is 3.29. The van der Waals surface area contributed by atoms with Crippen molar-refractivity contribution in [2.24, 2.45) is 0 Å². The van der Waals surface area contributed by atoms with Gasteiger partial charge in [0.15, 0.2) is 5.13 Å². The number of carbonyl (C=O) groups is 1. The van der Waals surface area contributed by atoms with Crippen LogP contribution in [-0.2, 0) is 6.42 Å². The minimum Gasteiger partial charge on any atom is -0.477 e. The highest BCUT2D eigenvalue weighted by molar-refractivity contribution is 7.17. The molecule has 0 saturated carbocycles. The lowest BCUT2D eigenvalue weighted by molar-refractivity contribution is 0.0700. The van der Waals surface area contributed by atoms with E-state index in [2.05, 4.69) is 10.3 Å². The van der Waals surface area contributed by atoms with Crippen molar-refractivity contribution in [3.63, 3.8) is 0 Å². The molecule has 106 valence electrons. The van der Waals surface area contributed by atoms with Crippen molar-refractivity contribution in [1.82, 2.24) is 4.98 Å². The van der Waals surface area contributed by atoms with Gasteiger partial charge in [0.25, 0.3) is 0 Å². The number of nitrogens with zero attached hydrogens (tertiary/aromatic N) is 1. The molecular weight excluding hydrogens is 296 g/mol. The molecule has 0 atom stereocenters. The first kappa shape index (κ1) is 14.8. The molecule has 6 heteroatoms. The number of aromatic nitrogens is 1. The van der Waals surface area contributed by atoms with Crippen LogP contribution in [0, 0.1) is 6.92 Å². The largest absolute Gasteiger partial charge is 0.477 e. The van der Waals surface area contributed by atoms with Crippen LogP contribution in [-0.4, -0.2) is 16.1 Å². The van der Waals surface area contributed by atoms with E-state index < -0.39 is 5.97 Å². The van der Waals surface area contributed by atoms with E-state index in [9.17, 15) is 9.90 Å². The van der Waals surface area contributed by atoms with Gasteiger partial charge in [-0.25, -0.2) is 9.78 Å². The zero-order valence-electron chi connectivity index (χ0n) is 11.2. The number of hydrogen-bond donors (Lipinski definition) is 2. The Bertz CT molecular complexity index is 640. The Morgan fingerprint density at radius 3 is 2.90 bits per heavy atom. The molecule has 0 bridgehead atoms. The van der Waals surface area contributed by atoms with E-state index >= 15 is 0 Å². The van der Waals surface area contributed by atoms with Gasteiger partial charge >= 0.3 is 5.97 Å². The maximum absolute atomic E-state index is 11.2. The van der Waals surface area contributed by atoms with Crippen molar-refractivity contribution in [3.05, 3.63) is 39.4 Å². The van der Waals surface area contributed by atoms with Crippen LogP contribution in [0.5, 0.6) is 0 Å². The Kier molecular flexibility index (Phi) is 4.62. The number of benzene rings is 1. The molecule has 1 heterocycles. The molecule has 20 heavy (non-hydrogen) atoms. The van der Waals surface area contributed by atoms with Crippen molar-refractivity contribution in [2.45, 2.75) is 26.7 Å². The van der Waals surface area contributed by atoms with Gasteiger partial charge in [0, 0.05) is 10.7 Å². The third-order valence-electron chi connectivity index (χ3n) is 2.82. The lowest BCUT2D eigenvalue weighted by Gasteiger charge is -2.06. The molecule has 0 fully saturated rings. The highest BCUT2D eigenvalue weighted by atomic mass is 35.5. The van der Waals surface area contributed by atoms with Gasteiger partial charge in [-0.1, -0.05) is 42.3 Å². The Morgan fingerprint density at radius 2 is 2.25 bits per heavy atom. The molecule has 2 N–H and O–H groups in total. The Balaban J connectivity index is 2.31. The van der Waals surface area contributed by atoms with Crippen LogP contribution in [0.25, 0.3) is 0 Å². The number of rotatable bonds is 5. The molecule has 0 aliphatic carbocycles. The van der Waals surface area contributed by atoms with Gasteiger partial charge in [-0.15, -0.1) is 0 Å². The van der Waals surface area contributed by atoms with Crippen LogP contribution in [0.4, 0.5) is 10.8 Å². The predicted octanol–water partition coefficient (Wildman–Crippen LogP) is 4.50. The normalized spacial score (nSPS) is 10.6. The first-order valence-electron chi connectivity index (χ1n) is 6.27. The van der Waals surface area contributed by atoms with Crippen molar-refractivity contribution < 1.29 is 9.90 Å². The molecule has 0 amide bonds. The number of aromatic carboxylic acids is 1. The molecule has 1 aromatic heterocycles. The van der Waals surface area contributed by atoms with Gasteiger partial charge in [-0.05, 0) is 31.0 Å². The van der Waals surface area contributed by atoms with Gasteiger partial charge in [-0.3, -0.25) is 0 Å². The van der Waals surface area contributed by atoms with Crippen LogP contribution >= 0.6 is 22.9 Å². The molecule has 0 aliphatic heterocycles. The zero-order chi connectivity index (χ0) is 14.7. The van der Waals surface area contributed by atoms with Gasteiger partial charge in [0.05, 0.1) is 5.69 Å². The molecule has 2 aromatic rings. The zero-order valence-corrected chi connectivity index (χ0v) is 12.8. The summed E-state index contributed by atoms with van der Waals surface area (Å²) in [4.78, 5) is 15.9. The number of thiazole rings is 1. The summed E-state index contributed by atoms with van der Waals surface area (Å²) in [6, 6.07) is 5.52. The summed E-state index contributed by atoms with van der Waals surface area (Å²) < 4.78 is 0. The van der Waals surface area contributed by atoms with Crippen molar-refractivity contribution in [2.75, 3.05) is 5.32 Å². The smallest absolute Gasteiger partial charge is 0.347 e. The Labute approximate surface area is 126 Å². The SMILES string of the molecule is CCCc1nc(Nc2cc(Cl)ccc2C)sc1C(=O)O. The number of carboxylic acids is 1. The number of aryl methyl sites for hydroxylation is 2. The summed E-state index contributed by atoms with van der Waals surface area (Å²) in [6.07, 6.45) is 1.52. The number of anilines is 2. The summed E-state index contributed by atoms with van der Waals surface area (Å²) in [7, 11) is 0. The fraction of sp³-hybridized carbons (Fsp3) is 0.286. The highest BCUT2D eigenvalue weighted by Crippen LogP contribution is 2.29. The van der Waals surface area contributed by atoms with Crippen LogP contribution in [0.2, 0.25) is 5.02 Å². The summed E-state index contributed by atoms with van der Waals surface area (Å²) in [6.45, 7) is 3.95. The highest BCUT2D eigenvalue weighted by Gasteiger charge is 2.17. The molecular formula is C14H15ClN2O2S. The summed E-state index contributed by atoms with van der Waals surface area (Å²) in [5, 5.41) is 13.5. The molecule has 0 aliphatic rings. The molecule has 0 unspecified atom stereocenters. The molecule has 0 saturated heterocycles. The van der Waals surface area contributed by atoms with Gasteiger partial charge in [0.2, 0.25) is 0 Å². The first-order chi connectivity index (χ1) is 9.51. The molecule has 4 nitrogen and oxygen atoms in total. The Hall–Kier alpha value is -1.59. The van der Waals surface area contributed by atoms with Gasteiger partial charge in [-0.2, -0.15) is 0 Å². The predicted molar refractivity (Wildman–Crippen MR) is 82.5 cm³/mol. The van der Waals surface area contributed by atoms with Crippen LogP contribution < -0.4 is 5.32 Å². The molecule has 2 rings (SSSR count). The third-order valence-corrected chi connectivity index (χ3v) is 4.06. The van der Waals surface area contributed by atoms with Crippen molar-refractivity contribution >= 4 is 39.7 Å². The number of halogens is 1. The minimum atomic E-state index is -0.929. The van der Waals surface area contributed by atoms with Crippen LogP contribution in [0.3, 0.4) is 0 Å². The van der Waals surface area contributed by atoms with Gasteiger partial charge < -0.3 is 10.4 Å². The first-order valence-corrected chi connectivity index (χ1v) is 7.47. The lowest BCUT2D eigenvalue weighted by atomic mass is 10.2. The van der Waals surface area contributed by atoms with E-state index in [1.165, 1.54) is 0 Å². The van der Waals surface area contributed by atoms with E-state index in [0.29, 0.717) is 27.1 Å². The molecule has 0 radical (unpaired) electrons. The second-order valence-electron chi connectivity index (χ2n) is 4.43. The standard InChI is InChI=1S/C14H15ClN2O2S/c1-3-4-10-12(13(18)19)20-14(16-10)17-11-7-9(15)6-5-8(11)2/h5-7H,3-4H2,1-2H3,(H,16,17)(H,18,19). The molecule has 0 spiro atoms. The van der Waals surface area contributed by atoms with E-state index in [1.807, 2.05) is 26.0 Å². The van der Waals surface area contributed by atoms with Gasteiger partial charge in [0.1, 0.15) is 4.88 Å².